The van der Waals surface area contributed by atoms with Gasteiger partial charge in [-0.05, 0) is 49.7 Å². The van der Waals surface area contributed by atoms with Crippen LogP contribution < -0.4 is 10.2 Å². The molecule has 1 aliphatic rings. The minimum Gasteiger partial charge on any atom is -0.325 e. The number of thioether (sulfide) groups is 1. The molecule has 1 aliphatic heterocycles. The molecule has 0 aliphatic carbocycles. The van der Waals surface area contributed by atoms with Gasteiger partial charge in [-0.3, -0.25) is 14.4 Å². The third kappa shape index (κ3) is 4.74. The minimum atomic E-state index is -0.514. The summed E-state index contributed by atoms with van der Waals surface area (Å²) in [5.41, 5.74) is 1.73. The van der Waals surface area contributed by atoms with Crippen molar-refractivity contribution in [2.45, 2.75) is 24.7 Å². The highest BCUT2D eigenvalue weighted by atomic mass is 32.2. The van der Waals surface area contributed by atoms with E-state index in [2.05, 4.69) is 5.32 Å². The van der Waals surface area contributed by atoms with Gasteiger partial charge in [0.15, 0.2) is 5.78 Å². The summed E-state index contributed by atoms with van der Waals surface area (Å²) in [6, 6.07) is 11.3. The number of Topliss-reactive ketones (excluding diaryl/α,β-unsaturated/α-hetero) is 1. The van der Waals surface area contributed by atoms with Gasteiger partial charge in [0.25, 0.3) is 0 Å². The van der Waals surface area contributed by atoms with Crippen LogP contribution in [0.4, 0.5) is 15.8 Å². The van der Waals surface area contributed by atoms with Crippen LogP contribution >= 0.6 is 11.8 Å². The standard InChI is InChI=1S/C20H19FN2O3S/c1-13(24)14-4-9-18(17(21)11-14)27-12-19(25)22-15-5-7-16(8-6-15)23-10-2-3-20(23)26/h4-9,11H,2-3,10,12H2,1H3,(H,22,25). The topological polar surface area (TPSA) is 66.5 Å². The predicted molar refractivity (Wildman–Crippen MR) is 104 cm³/mol. The highest BCUT2D eigenvalue weighted by molar-refractivity contribution is 8.00. The molecule has 0 aromatic heterocycles. The number of anilines is 2. The number of carbonyl (C=O) groups excluding carboxylic acids is 3. The molecule has 1 N–H and O–H groups in total. The van der Waals surface area contributed by atoms with Gasteiger partial charge in [0, 0.05) is 34.8 Å². The molecular formula is C20H19FN2O3S. The molecule has 0 spiro atoms. The first-order valence-corrected chi connectivity index (χ1v) is 9.56. The SMILES string of the molecule is CC(=O)c1ccc(SCC(=O)Nc2ccc(N3CCCC3=O)cc2)c(F)c1. The minimum absolute atomic E-state index is 0.0443. The Bertz CT molecular complexity index is 883. The fourth-order valence-electron chi connectivity index (χ4n) is 2.82. The Morgan fingerprint density at radius 2 is 1.93 bits per heavy atom. The average molecular weight is 386 g/mol. The van der Waals surface area contributed by atoms with E-state index in [1.807, 2.05) is 0 Å². The zero-order valence-electron chi connectivity index (χ0n) is 14.8. The van der Waals surface area contributed by atoms with Gasteiger partial charge in [0.05, 0.1) is 5.75 Å². The number of hydrogen-bond donors (Lipinski definition) is 1. The van der Waals surface area contributed by atoms with Gasteiger partial charge >= 0.3 is 0 Å². The third-order valence-corrected chi connectivity index (χ3v) is 5.28. The number of benzene rings is 2. The summed E-state index contributed by atoms with van der Waals surface area (Å²) in [6.07, 6.45) is 1.43. The molecule has 27 heavy (non-hydrogen) atoms. The van der Waals surface area contributed by atoms with E-state index in [-0.39, 0.29) is 23.4 Å². The van der Waals surface area contributed by atoms with Crippen LogP contribution in [0.2, 0.25) is 0 Å². The second-order valence-corrected chi connectivity index (χ2v) is 7.25. The summed E-state index contributed by atoms with van der Waals surface area (Å²) in [5, 5.41) is 2.75. The monoisotopic (exact) mass is 386 g/mol. The highest BCUT2D eigenvalue weighted by Crippen LogP contribution is 2.25. The summed E-state index contributed by atoms with van der Waals surface area (Å²) in [5.74, 6) is -0.827. The first kappa shape index (κ1) is 19.1. The maximum absolute atomic E-state index is 14.0. The van der Waals surface area contributed by atoms with Gasteiger partial charge in [-0.25, -0.2) is 4.39 Å². The fraction of sp³-hybridized carbons (Fsp3) is 0.250. The zero-order chi connectivity index (χ0) is 19.4. The summed E-state index contributed by atoms with van der Waals surface area (Å²) >= 11 is 1.07. The van der Waals surface area contributed by atoms with Gasteiger partial charge in [-0.15, -0.1) is 11.8 Å². The smallest absolute Gasteiger partial charge is 0.234 e. The Kier molecular flexibility index (Phi) is 5.91. The molecule has 5 nitrogen and oxygen atoms in total. The number of halogens is 1. The van der Waals surface area contributed by atoms with Crippen LogP contribution in [0.1, 0.15) is 30.1 Å². The van der Waals surface area contributed by atoms with Crippen molar-refractivity contribution in [2.24, 2.45) is 0 Å². The second kappa shape index (κ2) is 8.35. The third-order valence-electron chi connectivity index (χ3n) is 4.23. The summed E-state index contributed by atoms with van der Waals surface area (Å²) in [6.45, 7) is 2.09. The van der Waals surface area contributed by atoms with Crippen molar-refractivity contribution in [2.75, 3.05) is 22.5 Å². The Morgan fingerprint density at radius 1 is 1.19 bits per heavy atom. The number of amides is 2. The molecule has 2 amide bonds. The lowest BCUT2D eigenvalue weighted by atomic mass is 10.1. The Morgan fingerprint density at radius 3 is 2.52 bits per heavy atom. The number of hydrogen-bond acceptors (Lipinski definition) is 4. The average Bonchev–Trinajstić information content (AvgIpc) is 3.07. The molecule has 0 unspecified atom stereocenters. The van der Waals surface area contributed by atoms with E-state index in [1.54, 1.807) is 35.2 Å². The Labute approximate surface area is 160 Å². The molecule has 2 aromatic carbocycles. The summed E-state index contributed by atoms with van der Waals surface area (Å²) < 4.78 is 14.0. The largest absolute Gasteiger partial charge is 0.325 e. The molecule has 7 heteroatoms. The van der Waals surface area contributed by atoms with Crippen LogP contribution in [0.3, 0.4) is 0 Å². The van der Waals surface area contributed by atoms with Crippen molar-refractivity contribution in [3.63, 3.8) is 0 Å². The van der Waals surface area contributed by atoms with E-state index in [0.29, 0.717) is 22.6 Å². The first-order chi connectivity index (χ1) is 12.9. The van der Waals surface area contributed by atoms with Crippen LogP contribution in [0.25, 0.3) is 0 Å². The van der Waals surface area contributed by atoms with Crippen LogP contribution in [0.5, 0.6) is 0 Å². The predicted octanol–water partition coefficient (Wildman–Crippen LogP) is 3.89. The van der Waals surface area contributed by atoms with Crippen LogP contribution in [-0.2, 0) is 9.59 Å². The Balaban J connectivity index is 1.55. The second-order valence-electron chi connectivity index (χ2n) is 6.23. The van der Waals surface area contributed by atoms with E-state index < -0.39 is 5.82 Å². The molecule has 1 fully saturated rings. The van der Waals surface area contributed by atoms with Crippen LogP contribution in [-0.4, -0.2) is 29.9 Å². The van der Waals surface area contributed by atoms with E-state index in [4.69, 9.17) is 0 Å². The highest BCUT2D eigenvalue weighted by Gasteiger charge is 2.21. The van der Waals surface area contributed by atoms with Crippen molar-refractivity contribution in [3.05, 3.63) is 53.8 Å². The van der Waals surface area contributed by atoms with E-state index in [9.17, 15) is 18.8 Å². The van der Waals surface area contributed by atoms with Crippen molar-refractivity contribution < 1.29 is 18.8 Å². The van der Waals surface area contributed by atoms with Crippen LogP contribution in [0, 0.1) is 5.82 Å². The lowest BCUT2D eigenvalue weighted by molar-refractivity contribution is -0.117. The maximum atomic E-state index is 14.0. The van der Waals surface area contributed by atoms with Crippen LogP contribution in [0.15, 0.2) is 47.4 Å². The molecule has 1 saturated heterocycles. The summed E-state index contributed by atoms with van der Waals surface area (Å²) in [4.78, 5) is 37.1. The van der Waals surface area contributed by atoms with Crippen molar-refractivity contribution in [1.82, 2.24) is 0 Å². The van der Waals surface area contributed by atoms with Gasteiger partial charge < -0.3 is 10.2 Å². The molecular weight excluding hydrogens is 367 g/mol. The fourth-order valence-corrected chi connectivity index (χ4v) is 3.54. The molecule has 3 rings (SSSR count). The van der Waals surface area contributed by atoms with Gasteiger partial charge in [-0.1, -0.05) is 6.07 Å². The van der Waals surface area contributed by atoms with E-state index in [0.717, 1.165) is 30.4 Å². The van der Waals surface area contributed by atoms with Gasteiger partial charge in [0.2, 0.25) is 11.8 Å². The molecule has 2 aromatic rings. The quantitative estimate of drug-likeness (QED) is 0.604. The molecule has 0 bridgehead atoms. The lowest BCUT2D eigenvalue weighted by Gasteiger charge is -2.16. The van der Waals surface area contributed by atoms with E-state index in [1.165, 1.54) is 19.1 Å². The first-order valence-electron chi connectivity index (χ1n) is 8.57. The molecule has 0 radical (unpaired) electrons. The number of rotatable bonds is 6. The number of ketones is 1. The summed E-state index contributed by atoms with van der Waals surface area (Å²) in [7, 11) is 0. The van der Waals surface area contributed by atoms with Crippen molar-refractivity contribution in [1.29, 1.82) is 0 Å². The molecule has 1 heterocycles. The Hall–Kier alpha value is -2.67. The number of nitrogens with zero attached hydrogens (tertiary/aromatic N) is 1. The number of carbonyl (C=O) groups is 3. The maximum Gasteiger partial charge on any atom is 0.234 e. The van der Waals surface area contributed by atoms with Crippen molar-refractivity contribution in [3.8, 4) is 0 Å². The molecule has 0 saturated carbocycles. The normalized spacial score (nSPS) is 13.7. The lowest BCUT2D eigenvalue weighted by Crippen LogP contribution is -2.23. The zero-order valence-corrected chi connectivity index (χ0v) is 15.6. The number of nitrogens with one attached hydrogen (secondary N) is 1. The molecule has 0 atom stereocenters. The van der Waals surface area contributed by atoms with Gasteiger partial charge in [-0.2, -0.15) is 0 Å². The van der Waals surface area contributed by atoms with E-state index >= 15 is 0 Å². The van der Waals surface area contributed by atoms with Crippen molar-refractivity contribution >= 4 is 40.7 Å². The molecule has 140 valence electrons. The van der Waals surface area contributed by atoms with Gasteiger partial charge in [0.1, 0.15) is 5.82 Å².